The number of rotatable bonds is 8. The highest BCUT2D eigenvalue weighted by Crippen LogP contribution is 1.88. The van der Waals surface area contributed by atoms with Crippen molar-refractivity contribution < 1.29 is 9.53 Å². The molecule has 0 aromatic rings. The van der Waals surface area contributed by atoms with E-state index >= 15 is 0 Å². The molecule has 0 saturated carbocycles. The molecule has 0 fully saturated rings. The van der Waals surface area contributed by atoms with Crippen molar-refractivity contribution in [2.75, 3.05) is 19.7 Å². The maximum Gasteiger partial charge on any atom is 0.218 e. The Morgan fingerprint density at radius 1 is 1.46 bits per heavy atom. The highest BCUT2D eigenvalue weighted by molar-refractivity contribution is 5.73. The van der Waals surface area contributed by atoms with E-state index < -0.39 is 0 Å². The van der Waals surface area contributed by atoms with E-state index in [2.05, 4.69) is 5.32 Å². The fourth-order valence-corrected chi connectivity index (χ4v) is 0.853. The van der Waals surface area contributed by atoms with Crippen LogP contribution in [0.1, 0.15) is 26.7 Å². The Labute approximate surface area is 79.8 Å². The molecule has 0 aromatic heterocycles. The Morgan fingerprint density at radius 3 is 2.69 bits per heavy atom. The first-order chi connectivity index (χ1) is 6.13. The van der Waals surface area contributed by atoms with Crippen LogP contribution in [0, 0.1) is 0 Å². The third kappa shape index (κ3) is 11.4. The van der Waals surface area contributed by atoms with Gasteiger partial charge in [-0.25, -0.2) is 0 Å². The summed E-state index contributed by atoms with van der Waals surface area (Å²) in [5, 5.41) is 3.11. The molecule has 0 spiro atoms. The zero-order valence-electron chi connectivity index (χ0n) is 8.51. The molecule has 13 heavy (non-hydrogen) atoms. The van der Waals surface area contributed by atoms with Crippen LogP contribution in [0.4, 0.5) is 0 Å². The summed E-state index contributed by atoms with van der Waals surface area (Å²) in [6.07, 6.45) is 1.67. The molecule has 0 saturated heterocycles. The van der Waals surface area contributed by atoms with E-state index in [9.17, 15) is 4.79 Å². The highest BCUT2D eigenvalue weighted by atomic mass is 16.5. The molecule has 0 bridgehead atoms. The monoisotopic (exact) mass is 188 g/mol. The van der Waals surface area contributed by atoms with Gasteiger partial charge in [-0.15, -0.1) is 0 Å². The summed E-state index contributed by atoms with van der Waals surface area (Å²) in [4.78, 5) is 10.3. The minimum atomic E-state index is -0.258. The van der Waals surface area contributed by atoms with Gasteiger partial charge in [0.1, 0.15) is 0 Å². The summed E-state index contributed by atoms with van der Waals surface area (Å²) in [6.45, 7) is 6.33. The smallest absolute Gasteiger partial charge is 0.218 e. The summed E-state index contributed by atoms with van der Waals surface area (Å²) >= 11 is 0. The lowest BCUT2D eigenvalue weighted by Gasteiger charge is -2.07. The minimum Gasteiger partial charge on any atom is -0.379 e. The van der Waals surface area contributed by atoms with Crippen LogP contribution in [0.3, 0.4) is 0 Å². The Hall–Kier alpha value is -0.610. The largest absolute Gasteiger partial charge is 0.379 e. The van der Waals surface area contributed by atoms with Gasteiger partial charge in [-0.3, -0.25) is 4.79 Å². The summed E-state index contributed by atoms with van der Waals surface area (Å²) in [6, 6.07) is 0. The molecule has 0 radical (unpaired) electrons. The molecule has 0 rings (SSSR count). The summed E-state index contributed by atoms with van der Waals surface area (Å²) in [5.41, 5.74) is 4.97. The Bertz CT molecular complexity index is 138. The van der Waals surface area contributed by atoms with Gasteiger partial charge in [0, 0.05) is 19.6 Å². The summed E-state index contributed by atoms with van der Waals surface area (Å²) in [7, 11) is 0. The molecule has 3 N–H and O–H groups in total. The predicted octanol–water partition coefficient (Wildman–Crippen LogP) is 0.267. The number of ether oxygens (including phenoxy) is 1. The number of nitrogens with two attached hydrogens (primary N) is 1. The normalized spacial score (nSPS) is 10.7. The average molecular weight is 188 g/mol. The molecule has 1 amide bonds. The topological polar surface area (TPSA) is 64.3 Å². The lowest BCUT2D eigenvalue weighted by Crippen LogP contribution is -2.23. The van der Waals surface area contributed by atoms with Gasteiger partial charge in [0.2, 0.25) is 5.91 Å². The first kappa shape index (κ1) is 12.4. The van der Waals surface area contributed by atoms with Gasteiger partial charge in [0.25, 0.3) is 0 Å². The van der Waals surface area contributed by atoms with Crippen LogP contribution < -0.4 is 11.1 Å². The lowest BCUT2D eigenvalue weighted by atomic mass is 10.4. The van der Waals surface area contributed by atoms with Crippen molar-refractivity contribution in [1.82, 2.24) is 5.32 Å². The van der Waals surface area contributed by atoms with Crippen molar-refractivity contribution in [2.24, 2.45) is 5.73 Å². The van der Waals surface area contributed by atoms with Gasteiger partial charge in [-0.2, -0.15) is 0 Å². The maximum atomic E-state index is 10.3. The average Bonchev–Trinajstić information content (AvgIpc) is 2.01. The highest BCUT2D eigenvalue weighted by Gasteiger charge is 1.94. The number of nitrogens with one attached hydrogen (secondary N) is 1. The molecule has 4 heteroatoms. The second kappa shape index (κ2) is 8.01. The Morgan fingerprint density at radius 2 is 2.15 bits per heavy atom. The maximum absolute atomic E-state index is 10.3. The van der Waals surface area contributed by atoms with Crippen LogP contribution in [0.2, 0.25) is 0 Å². The third-order valence-corrected chi connectivity index (χ3v) is 1.50. The molecule has 0 atom stereocenters. The van der Waals surface area contributed by atoms with Crippen molar-refractivity contribution in [1.29, 1.82) is 0 Å². The molecule has 0 aliphatic carbocycles. The van der Waals surface area contributed by atoms with Crippen LogP contribution in [-0.4, -0.2) is 31.7 Å². The van der Waals surface area contributed by atoms with Crippen molar-refractivity contribution in [3.63, 3.8) is 0 Å². The quantitative estimate of drug-likeness (QED) is 0.537. The second-order valence-electron chi connectivity index (χ2n) is 3.24. The van der Waals surface area contributed by atoms with Gasteiger partial charge in [0.15, 0.2) is 0 Å². The first-order valence-corrected chi connectivity index (χ1v) is 4.73. The van der Waals surface area contributed by atoms with Crippen molar-refractivity contribution >= 4 is 5.91 Å². The molecule has 0 aromatic carbocycles. The number of hydrogen-bond donors (Lipinski definition) is 2. The minimum absolute atomic E-state index is 0.258. The molecule has 0 heterocycles. The molecule has 0 aliphatic heterocycles. The number of carbonyl (C=O) groups is 1. The predicted molar refractivity (Wildman–Crippen MR) is 52.4 cm³/mol. The number of carbonyl (C=O) groups excluding carboxylic acids is 1. The molecule has 0 unspecified atom stereocenters. The second-order valence-corrected chi connectivity index (χ2v) is 3.24. The fourth-order valence-electron chi connectivity index (χ4n) is 0.853. The molecule has 4 nitrogen and oxygen atoms in total. The van der Waals surface area contributed by atoms with E-state index in [4.69, 9.17) is 10.5 Å². The third-order valence-electron chi connectivity index (χ3n) is 1.50. The number of hydrogen-bond acceptors (Lipinski definition) is 3. The SMILES string of the molecule is CC(C)OCCCNCCC(N)=O. The van der Waals surface area contributed by atoms with E-state index in [1.54, 1.807) is 0 Å². The first-order valence-electron chi connectivity index (χ1n) is 4.73. The molecular formula is C9H20N2O2. The molecule has 78 valence electrons. The number of primary amides is 1. The van der Waals surface area contributed by atoms with Gasteiger partial charge < -0.3 is 15.8 Å². The van der Waals surface area contributed by atoms with Crippen molar-refractivity contribution in [3.8, 4) is 0 Å². The van der Waals surface area contributed by atoms with Crippen molar-refractivity contribution in [2.45, 2.75) is 32.8 Å². The lowest BCUT2D eigenvalue weighted by molar-refractivity contribution is -0.117. The van der Waals surface area contributed by atoms with E-state index in [1.165, 1.54) is 0 Å². The van der Waals surface area contributed by atoms with Crippen LogP contribution in [0.15, 0.2) is 0 Å². The van der Waals surface area contributed by atoms with E-state index in [0.717, 1.165) is 19.6 Å². The van der Waals surface area contributed by atoms with Gasteiger partial charge >= 0.3 is 0 Å². The van der Waals surface area contributed by atoms with Crippen LogP contribution in [0.5, 0.6) is 0 Å². The van der Waals surface area contributed by atoms with Gasteiger partial charge in [0.05, 0.1) is 6.10 Å². The zero-order chi connectivity index (χ0) is 10.1. The van der Waals surface area contributed by atoms with Crippen LogP contribution in [-0.2, 0) is 9.53 Å². The number of amides is 1. The van der Waals surface area contributed by atoms with Gasteiger partial charge in [-0.05, 0) is 26.8 Å². The van der Waals surface area contributed by atoms with Gasteiger partial charge in [-0.1, -0.05) is 0 Å². The van der Waals surface area contributed by atoms with E-state index in [0.29, 0.717) is 19.1 Å². The molecule has 0 aliphatic rings. The van der Waals surface area contributed by atoms with Crippen molar-refractivity contribution in [3.05, 3.63) is 0 Å². The summed E-state index contributed by atoms with van der Waals surface area (Å²) in [5.74, 6) is -0.258. The summed E-state index contributed by atoms with van der Waals surface area (Å²) < 4.78 is 5.34. The fraction of sp³-hybridized carbons (Fsp3) is 0.889. The van der Waals surface area contributed by atoms with E-state index in [-0.39, 0.29) is 5.91 Å². The molecular weight excluding hydrogens is 168 g/mol. The Balaban J connectivity index is 2.96. The van der Waals surface area contributed by atoms with Crippen LogP contribution >= 0.6 is 0 Å². The zero-order valence-corrected chi connectivity index (χ0v) is 8.51. The standard InChI is InChI=1S/C9H20N2O2/c1-8(2)13-7-3-5-11-6-4-9(10)12/h8,11H,3-7H2,1-2H3,(H2,10,12). The Kier molecular flexibility index (Phi) is 7.63. The van der Waals surface area contributed by atoms with Crippen LogP contribution in [0.25, 0.3) is 0 Å². The van der Waals surface area contributed by atoms with E-state index in [1.807, 2.05) is 13.8 Å².